The summed E-state index contributed by atoms with van der Waals surface area (Å²) in [7, 11) is 0. The standard InChI is InChI=1S/C19H22O5/c1-19(2,23)17-9-13-5-11(8-16(22)18(13)24-17)3-4-12-6-14(20)10-15(21)7-12/h5-8,10,17,20-23H,3-4,9H2,1-2H3. The number of aromatic hydroxyl groups is 3. The maximum atomic E-state index is 10.2. The first-order valence-corrected chi connectivity index (χ1v) is 7.98. The van der Waals surface area contributed by atoms with Crippen molar-refractivity contribution in [1.29, 1.82) is 0 Å². The number of benzene rings is 2. The molecule has 1 heterocycles. The minimum atomic E-state index is -0.981. The van der Waals surface area contributed by atoms with Crippen LogP contribution in [0.5, 0.6) is 23.0 Å². The largest absolute Gasteiger partial charge is 0.508 e. The van der Waals surface area contributed by atoms with Gasteiger partial charge in [0.15, 0.2) is 11.5 Å². The summed E-state index contributed by atoms with van der Waals surface area (Å²) >= 11 is 0. The monoisotopic (exact) mass is 330 g/mol. The highest BCUT2D eigenvalue weighted by Gasteiger charge is 2.36. The molecule has 2 aromatic rings. The molecular weight excluding hydrogens is 308 g/mol. The summed E-state index contributed by atoms with van der Waals surface area (Å²) in [4.78, 5) is 0. The first-order chi connectivity index (χ1) is 11.2. The van der Waals surface area contributed by atoms with Gasteiger partial charge in [-0.2, -0.15) is 0 Å². The summed E-state index contributed by atoms with van der Waals surface area (Å²) in [5, 5.41) is 39.3. The van der Waals surface area contributed by atoms with Crippen LogP contribution in [0.15, 0.2) is 30.3 Å². The van der Waals surface area contributed by atoms with Crippen molar-refractivity contribution in [2.24, 2.45) is 0 Å². The molecule has 0 radical (unpaired) electrons. The Morgan fingerprint density at radius 2 is 1.54 bits per heavy atom. The molecule has 5 nitrogen and oxygen atoms in total. The van der Waals surface area contributed by atoms with Crippen molar-refractivity contribution in [1.82, 2.24) is 0 Å². The van der Waals surface area contributed by atoms with E-state index >= 15 is 0 Å². The van der Waals surface area contributed by atoms with Gasteiger partial charge in [0.2, 0.25) is 0 Å². The molecule has 1 aliphatic heterocycles. The van der Waals surface area contributed by atoms with Crippen molar-refractivity contribution in [2.75, 3.05) is 0 Å². The van der Waals surface area contributed by atoms with Gasteiger partial charge in [0, 0.05) is 18.1 Å². The normalized spacial score (nSPS) is 16.7. The second kappa shape index (κ2) is 5.91. The molecule has 0 saturated carbocycles. The Hall–Kier alpha value is -2.40. The average molecular weight is 330 g/mol. The van der Waals surface area contributed by atoms with Crippen molar-refractivity contribution in [3.63, 3.8) is 0 Å². The van der Waals surface area contributed by atoms with Crippen LogP contribution >= 0.6 is 0 Å². The zero-order valence-electron chi connectivity index (χ0n) is 13.8. The molecule has 0 fully saturated rings. The molecule has 0 amide bonds. The van der Waals surface area contributed by atoms with Gasteiger partial charge in [-0.15, -0.1) is 0 Å². The first kappa shape index (κ1) is 16.5. The zero-order chi connectivity index (χ0) is 17.5. The van der Waals surface area contributed by atoms with Crippen LogP contribution in [-0.4, -0.2) is 32.1 Å². The van der Waals surface area contributed by atoms with Crippen LogP contribution in [0.2, 0.25) is 0 Å². The van der Waals surface area contributed by atoms with Crippen LogP contribution in [0.3, 0.4) is 0 Å². The van der Waals surface area contributed by atoms with E-state index < -0.39 is 5.60 Å². The Kier molecular flexibility index (Phi) is 4.05. The van der Waals surface area contributed by atoms with Crippen molar-refractivity contribution in [2.45, 2.75) is 44.8 Å². The molecule has 5 heteroatoms. The molecule has 0 saturated heterocycles. The van der Waals surface area contributed by atoms with Gasteiger partial charge in [-0.3, -0.25) is 0 Å². The summed E-state index contributed by atoms with van der Waals surface area (Å²) in [5.41, 5.74) is 1.66. The van der Waals surface area contributed by atoms with E-state index in [0.29, 0.717) is 25.0 Å². The van der Waals surface area contributed by atoms with Gasteiger partial charge in [0.1, 0.15) is 17.6 Å². The molecule has 0 bridgehead atoms. The summed E-state index contributed by atoms with van der Waals surface area (Å²) < 4.78 is 5.69. The van der Waals surface area contributed by atoms with Gasteiger partial charge in [-0.25, -0.2) is 0 Å². The molecule has 1 unspecified atom stereocenters. The van der Waals surface area contributed by atoms with Crippen LogP contribution in [0.1, 0.15) is 30.5 Å². The fourth-order valence-corrected chi connectivity index (χ4v) is 3.04. The third-order valence-corrected chi connectivity index (χ3v) is 4.32. The van der Waals surface area contributed by atoms with Gasteiger partial charge in [0.25, 0.3) is 0 Å². The Morgan fingerprint density at radius 1 is 0.958 bits per heavy atom. The fraction of sp³-hybridized carbons (Fsp3) is 0.368. The fourth-order valence-electron chi connectivity index (χ4n) is 3.04. The van der Waals surface area contributed by atoms with E-state index in [0.717, 1.165) is 16.7 Å². The molecular formula is C19H22O5. The summed E-state index contributed by atoms with van der Waals surface area (Å²) in [5.74, 6) is 0.584. The number of phenols is 3. The molecule has 4 N–H and O–H groups in total. The maximum Gasteiger partial charge on any atom is 0.164 e. The zero-order valence-corrected chi connectivity index (χ0v) is 13.8. The van der Waals surface area contributed by atoms with Gasteiger partial charge in [0.05, 0.1) is 5.60 Å². The lowest BCUT2D eigenvalue weighted by molar-refractivity contribution is -0.0235. The van der Waals surface area contributed by atoms with Gasteiger partial charge < -0.3 is 25.2 Å². The highest BCUT2D eigenvalue weighted by molar-refractivity contribution is 5.51. The molecule has 3 rings (SSSR count). The molecule has 1 aliphatic rings. The number of fused-ring (bicyclic) bond motifs is 1. The van der Waals surface area contributed by atoms with E-state index in [1.165, 1.54) is 6.07 Å². The third-order valence-electron chi connectivity index (χ3n) is 4.32. The Balaban J connectivity index is 1.76. The van der Waals surface area contributed by atoms with Crippen molar-refractivity contribution < 1.29 is 25.2 Å². The van der Waals surface area contributed by atoms with Crippen molar-refractivity contribution in [3.8, 4) is 23.0 Å². The Labute approximate surface area is 140 Å². The number of hydrogen-bond acceptors (Lipinski definition) is 5. The van der Waals surface area contributed by atoms with Gasteiger partial charge in [-0.1, -0.05) is 6.07 Å². The van der Waals surface area contributed by atoms with Crippen LogP contribution in [-0.2, 0) is 19.3 Å². The van der Waals surface area contributed by atoms with Gasteiger partial charge in [-0.05, 0) is 56.0 Å². The number of rotatable bonds is 4. The molecule has 0 spiro atoms. The molecule has 24 heavy (non-hydrogen) atoms. The number of aliphatic hydroxyl groups is 1. The van der Waals surface area contributed by atoms with E-state index in [1.807, 2.05) is 6.07 Å². The van der Waals surface area contributed by atoms with Crippen LogP contribution < -0.4 is 4.74 Å². The molecule has 0 aliphatic carbocycles. The van der Waals surface area contributed by atoms with E-state index in [2.05, 4.69) is 0 Å². The Morgan fingerprint density at radius 3 is 2.12 bits per heavy atom. The summed E-state index contributed by atoms with van der Waals surface area (Å²) in [6, 6.07) is 8.15. The lowest BCUT2D eigenvalue weighted by Gasteiger charge is -2.24. The third kappa shape index (κ3) is 3.41. The van der Waals surface area contributed by atoms with E-state index in [9.17, 15) is 20.4 Å². The summed E-state index contributed by atoms with van der Waals surface area (Å²) in [6.07, 6.45) is 1.44. The Bertz CT molecular complexity index is 741. The van der Waals surface area contributed by atoms with Crippen molar-refractivity contribution >= 4 is 0 Å². The van der Waals surface area contributed by atoms with Gasteiger partial charge >= 0.3 is 0 Å². The summed E-state index contributed by atoms with van der Waals surface area (Å²) in [6.45, 7) is 3.38. The number of hydrogen-bond donors (Lipinski definition) is 4. The lowest BCUT2D eigenvalue weighted by Crippen LogP contribution is -2.39. The number of aryl methyl sites for hydroxylation is 2. The smallest absolute Gasteiger partial charge is 0.164 e. The quantitative estimate of drug-likeness (QED) is 0.692. The van der Waals surface area contributed by atoms with Crippen molar-refractivity contribution in [3.05, 3.63) is 47.0 Å². The highest BCUT2D eigenvalue weighted by atomic mass is 16.5. The van der Waals surface area contributed by atoms with Crippen LogP contribution in [0.25, 0.3) is 0 Å². The maximum absolute atomic E-state index is 10.2. The van der Waals surface area contributed by atoms with E-state index in [-0.39, 0.29) is 23.4 Å². The second-order valence-electron chi connectivity index (χ2n) is 6.93. The predicted octanol–water partition coefficient (Wildman–Crippen LogP) is 2.66. The highest BCUT2D eigenvalue weighted by Crippen LogP contribution is 2.41. The number of phenolic OH excluding ortho intramolecular Hbond substituents is 3. The lowest BCUT2D eigenvalue weighted by atomic mass is 9.95. The predicted molar refractivity (Wildman–Crippen MR) is 89.7 cm³/mol. The topological polar surface area (TPSA) is 90.2 Å². The minimum absolute atomic E-state index is 0.0308. The molecule has 2 aromatic carbocycles. The van der Waals surface area contributed by atoms with Crippen LogP contribution in [0.4, 0.5) is 0 Å². The molecule has 1 atom stereocenters. The van der Waals surface area contributed by atoms with Crippen LogP contribution in [0, 0.1) is 0 Å². The van der Waals surface area contributed by atoms with E-state index in [4.69, 9.17) is 4.74 Å². The first-order valence-electron chi connectivity index (χ1n) is 7.98. The van der Waals surface area contributed by atoms with E-state index in [1.54, 1.807) is 32.0 Å². The molecule has 128 valence electrons. The molecule has 0 aromatic heterocycles. The second-order valence-corrected chi connectivity index (χ2v) is 6.93. The minimum Gasteiger partial charge on any atom is -0.508 e. The number of ether oxygens (including phenoxy) is 1. The average Bonchev–Trinajstić information content (AvgIpc) is 2.89. The SMILES string of the molecule is CC(C)(O)C1Cc2cc(CCc3cc(O)cc(O)c3)cc(O)c2O1.